The number of carbonyl (C=O) groups is 1. The minimum absolute atomic E-state index is 0.322. The molecule has 112 valence electrons. The highest BCUT2D eigenvalue weighted by molar-refractivity contribution is 5.84. The van der Waals surface area contributed by atoms with E-state index in [4.69, 9.17) is 4.74 Å². The monoisotopic (exact) mass is 293 g/mol. The van der Waals surface area contributed by atoms with Crippen LogP contribution in [0.2, 0.25) is 0 Å². The van der Waals surface area contributed by atoms with E-state index in [2.05, 4.69) is 37.3 Å². The van der Waals surface area contributed by atoms with E-state index in [0.717, 1.165) is 24.1 Å². The van der Waals surface area contributed by atoms with Gasteiger partial charge in [0.05, 0.1) is 5.70 Å². The molecule has 0 saturated carbocycles. The van der Waals surface area contributed by atoms with Crippen LogP contribution in [-0.4, -0.2) is 17.5 Å². The first kappa shape index (κ1) is 14.4. The van der Waals surface area contributed by atoms with Crippen molar-refractivity contribution in [2.75, 3.05) is 6.54 Å². The van der Waals surface area contributed by atoms with Crippen molar-refractivity contribution in [2.24, 2.45) is 0 Å². The molecule has 0 radical (unpaired) electrons. The zero-order valence-electron chi connectivity index (χ0n) is 12.7. The summed E-state index contributed by atoms with van der Waals surface area (Å²) in [5.74, 6) is 0.571. The molecule has 1 aliphatic heterocycles. The minimum Gasteiger partial charge on any atom is -0.410 e. The lowest BCUT2D eigenvalue weighted by Gasteiger charge is -2.28. The third kappa shape index (κ3) is 3.19. The van der Waals surface area contributed by atoms with E-state index in [-0.39, 0.29) is 6.09 Å². The van der Waals surface area contributed by atoms with Gasteiger partial charge in [-0.15, -0.1) is 0 Å². The Hall–Kier alpha value is -2.55. The van der Waals surface area contributed by atoms with E-state index < -0.39 is 0 Å². The van der Waals surface area contributed by atoms with Gasteiger partial charge >= 0.3 is 6.09 Å². The van der Waals surface area contributed by atoms with Gasteiger partial charge in [-0.2, -0.15) is 0 Å². The number of allylic oxidation sites excluding steroid dienone is 1. The standard InChI is InChI=1S/C19H19NO2/c1-15-10-12-16(13-11-15)18-9-5-6-14-20(18)19(21)22-17-7-3-2-4-8-17/h2-4,7-13H,5-6,14H2,1H3. The van der Waals surface area contributed by atoms with Gasteiger partial charge in [-0.3, -0.25) is 4.90 Å². The van der Waals surface area contributed by atoms with Gasteiger partial charge in [0.2, 0.25) is 0 Å². The number of para-hydroxylation sites is 1. The molecular formula is C19H19NO2. The van der Waals surface area contributed by atoms with Gasteiger partial charge in [0.25, 0.3) is 0 Å². The van der Waals surface area contributed by atoms with Crippen LogP contribution in [-0.2, 0) is 0 Å². The quantitative estimate of drug-likeness (QED) is 0.808. The summed E-state index contributed by atoms with van der Waals surface area (Å²) < 4.78 is 5.48. The van der Waals surface area contributed by atoms with Crippen molar-refractivity contribution in [3.63, 3.8) is 0 Å². The SMILES string of the molecule is Cc1ccc(C2=CCCCN2C(=O)Oc2ccccc2)cc1. The molecule has 0 saturated heterocycles. The summed E-state index contributed by atoms with van der Waals surface area (Å²) in [6.07, 6.45) is 3.73. The Morgan fingerprint density at radius 1 is 1.05 bits per heavy atom. The molecule has 3 rings (SSSR count). The van der Waals surface area contributed by atoms with Crippen molar-refractivity contribution >= 4 is 11.8 Å². The fourth-order valence-corrected chi connectivity index (χ4v) is 2.55. The summed E-state index contributed by atoms with van der Waals surface area (Å²) in [5, 5.41) is 0. The maximum Gasteiger partial charge on any atom is 0.419 e. The number of amides is 1. The minimum atomic E-state index is -0.322. The lowest BCUT2D eigenvalue weighted by molar-refractivity contribution is 0.171. The molecule has 3 heteroatoms. The second-order valence-electron chi connectivity index (χ2n) is 5.43. The van der Waals surface area contributed by atoms with Gasteiger partial charge < -0.3 is 4.74 Å². The van der Waals surface area contributed by atoms with Crippen molar-refractivity contribution in [1.29, 1.82) is 0 Å². The Morgan fingerprint density at radius 2 is 1.77 bits per heavy atom. The van der Waals surface area contributed by atoms with Crippen molar-refractivity contribution < 1.29 is 9.53 Å². The Labute approximate surface area is 130 Å². The summed E-state index contributed by atoms with van der Waals surface area (Å²) in [4.78, 5) is 14.2. The highest BCUT2D eigenvalue weighted by Gasteiger charge is 2.23. The van der Waals surface area contributed by atoms with Gasteiger partial charge in [-0.1, -0.05) is 54.1 Å². The molecule has 2 aromatic carbocycles. The summed E-state index contributed by atoms with van der Waals surface area (Å²) in [6, 6.07) is 17.4. The lowest BCUT2D eigenvalue weighted by Crippen LogP contribution is -2.34. The van der Waals surface area contributed by atoms with Crippen LogP contribution >= 0.6 is 0 Å². The van der Waals surface area contributed by atoms with E-state index >= 15 is 0 Å². The average Bonchev–Trinajstić information content (AvgIpc) is 2.56. The van der Waals surface area contributed by atoms with E-state index in [1.807, 2.05) is 18.2 Å². The molecule has 0 atom stereocenters. The smallest absolute Gasteiger partial charge is 0.410 e. The number of carbonyl (C=O) groups excluding carboxylic acids is 1. The molecule has 0 spiro atoms. The Morgan fingerprint density at radius 3 is 2.50 bits per heavy atom. The lowest BCUT2D eigenvalue weighted by atomic mass is 10.0. The third-order valence-corrected chi connectivity index (χ3v) is 3.73. The van der Waals surface area contributed by atoms with E-state index in [0.29, 0.717) is 12.3 Å². The van der Waals surface area contributed by atoms with Crippen LogP contribution in [0.3, 0.4) is 0 Å². The highest BCUT2D eigenvalue weighted by atomic mass is 16.6. The van der Waals surface area contributed by atoms with Crippen LogP contribution in [0, 0.1) is 6.92 Å². The molecule has 22 heavy (non-hydrogen) atoms. The number of benzene rings is 2. The molecule has 1 amide bonds. The zero-order valence-corrected chi connectivity index (χ0v) is 12.7. The predicted molar refractivity (Wildman–Crippen MR) is 87.6 cm³/mol. The molecule has 0 fully saturated rings. The first-order valence-electron chi connectivity index (χ1n) is 7.55. The number of hydrogen-bond acceptors (Lipinski definition) is 2. The Kier molecular flexibility index (Phi) is 4.24. The van der Waals surface area contributed by atoms with E-state index in [1.54, 1.807) is 17.0 Å². The van der Waals surface area contributed by atoms with Crippen LogP contribution in [0.5, 0.6) is 5.75 Å². The van der Waals surface area contributed by atoms with Crippen LogP contribution in [0.1, 0.15) is 24.0 Å². The molecular weight excluding hydrogens is 274 g/mol. The zero-order chi connectivity index (χ0) is 15.4. The van der Waals surface area contributed by atoms with Crippen LogP contribution in [0.4, 0.5) is 4.79 Å². The van der Waals surface area contributed by atoms with Gasteiger partial charge in [-0.05, 0) is 37.5 Å². The maximum atomic E-state index is 12.5. The summed E-state index contributed by atoms with van der Waals surface area (Å²) >= 11 is 0. The number of hydrogen-bond donors (Lipinski definition) is 0. The summed E-state index contributed by atoms with van der Waals surface area (Å²) in [6.45, 7) is 2.74. The molecule has 0 aromatic heterocycles. The molecule has 1 aliphatic rings. The highest BCUT2D eigenvalue weighted by Crippen LogP contribution is 2.26. The first-order chi connectivity index (χ1) is 10.7. The fraction of sp³-hybridized carbons (Fsp3) is 0.211. The number of nitrogens with zero attached hydrogens (tertiary/aromatic N) is 1. The summed E-state index contributed by atoms with van der Waals surface area (Å²) in [5.41, 5.74) is 3.20. The maximum absolute atomic E-state index is 12.5. The van der Waals surface area contributed by atoms with Crippen molar-refractivity contribution in [2.45, 2.75) is 19.8 Å². The normalized spacial score (nSPS) is 14.4. The van der Waals surface area contributed by atoms with Gasteiger partial charge in [-0.25, -0.2) is 4.79 Å². The van der Waals surface area contributed by atoms with Gasteiger partial charge in [0.15, 0.2) is 0 Å². The van der Waals surface area contributed by atoms with Gasteiger partial charge in [0, 0.05) is 6.54 Å². The average molecular weight is 293 g/mol. The molecule has 0 aliphatic carbocycles. The molecule has 1 heterocycles. The largest absolute Gasteiger partial charge is 0.419 e. The second kappa shape index (κ2) is 6.48. The van der Waals surface area contributed by atoms with Crippen LogP contribution in [0.15, 0.2) is 60.7 Å². The topological polar surface area (TPSA) is 29.5 Å². The molecule has 0 bridgehead atoms. The van der Waals surface area contributed by atoms with Gasteiger partial charge in [0.1, 0.15) is 5.75 Å². The Balaban J connectivity index is 1.81. The van der Waals surface area contributed by atoms with Crippen molar-refractivity contribution in [1.82, 2.24) is 4.90 Å². The number of rotatable bonds is 2. The molecule has 3 nitrogen and oxygen atoms in total. The fourth-order valence-electron chi connectivity index (χ4n) is 2.55. The number of ether oxygens (including phenoxy) is 1. The second-order valence-corrected chi connectivity index (χ2v) is 5.43. The Bertz CT molecular complexity index is 674. The molecule has 0 unspecified atom stereocenters. The van der Waals surface area contributed by atoms with Crippen LogP contribution in [0.25, 0.3) is 5.70 Å². The molecule has 0 N–H and O–H groups in total. The summed E-state index contributed by atoms with van der Waals surface area (Å²) in [7, 11) is 0. The molecule has 2 aromatic rings. The third-order valence-electron chi connectivity index (χ3n) is 3.73. The van der Waals surface area contributed by atoms with E-state index in [9.17, 15) is 4.79 Å². The predicted octanol–water partition coefficient (Wildman–Crippen LogP) is 4.63. The van der Waals surface area contributed by atoms with E-state index in [1.165, 1.54) is 5.56 Å². The first-order valence-corrected chi connectivity index (χ1v) is 7.55. The van der Waals surface area contributed by atoms with Crippen LogP contribution < -0.4 is 4.74 Å². The number of aryl methyl sites for hydroxylation is 1. The van der Waals surface area contributed by atoms with Crippen molar-refractivity contribution in [3.8, 4) is 5.75 Å². The van der Waals surface area contributed by atoms with Crippen molar-refractivity contribution in [3.05, 3.63) is 71.8 Å².